The van der Waals surface area contributed by atoms with E-state index in [1.54, 1.807) is 30.3 Å². The van der Waals surface area contributed by atoms with Crippen molar-refractivity contribution in [2.45, 2.75) is 40.2 Å². The van der Waals surface area contributed by atoms with Gasteiger partial charge in [0.05, 0.1) is 19.4 Å². The Kier molecular flexibility index (Phi) is 10.0. The lowest BCUT2D eigenvalue weighted by Crippen LogP contribution is -2.48. The lowest BCUT2D eigenvalue weighted by atomic mass is 10.0. The van der Waals surface area contributed by atoms with Gasteiger partial charge in [0, 0.05) is 10.6 Å². The molecule has 2 aromatic rings. The van der Waals surface area contributed by atoms with Crippen LogP contribution in [0.15, 0.2) is 47.6 Å². The molecule has 0 aliphatic rings. The van der Waals surface area contributed by atoms with E-state index in [0.29, 0.717) is 35.3 Å². The number of amides is 2. The summed E-state index contributed by atoms with van der Waals surface area (Å²) in [5.74, 6) is 0.377. The molecule has 0 aliphatic carbocycles. The number of hydrogen-bond donors (Lipinski definition) is 2. The van der Waals surface area contributed by atoms with Crippen LogP contribution in [0.2, 0.25) is 5.02 Å². The average molecular weight is 460 g/mol. The summed E-state index contributed by atoms with van der Waals surface area (Å²) in [7, 11) is 0. The van der Waals surface area contributed by atoms with Crippen LogP contribution in [-0.4, -0.2) is 37.3 Å². The minimum absolute atomic E-state index is 0.138. The lowest BCUT2D eigenvalue weighted by molar-refractivity contribution is -0.123. The molecule has 7 nitrogen and oxygen atoms in total. The Morgan fingerprint density at radius 3 is 2.41 bits per heavy atom. The van der Waals surface area contributed by atoms with Gasteiger partial charge in [0.15, 0.2) is 11.5 Å². The van der Waals surface area contributed by atoms with Crippen molar-refractivity contribution in [3.63, 3.8) is 0 Å². The number of benzene rings is 2. The molecule has 0 radical (unpaired) electrons. The van der Waals surface area contributed by atoms with Crippen LogP contribution in [0.4, 0.5) is 0 Å². The van der Waals surface area contributed by atoms with Crippen LogP contribution >= 0.6 is 11.6 Å². The Morgan fingerprint density at radius 2 is 1.78 bits per heavy atom. The highest BCUT2D eigenvalue weighted by molar-refractivity contribution is 6.30. The van der Waals surface area contributed by atoms with E-state index in [1.807, 2.05) is 39.8 Å². The maximum Gasteiger partial charge on any atom is 0.262 e. The summed E-state index contributed by atoms with van der Waals surface area (Å²) in [6.45, 7) is 8.73. The molecule has 172 valence electrons. The molecule has 0 saturated heterocycles. The highest BCUT2D eigenvalue weighted by Crippen LogP contribution is 2.28. The molecule has 0 fully saturated rings. The van der Waals surface area contributed by atoms with Crippen molar-refractivity contribution in [3.05, 3.63) is 58.6 Å². The molecule has 0 saturated carbocycles. The van der Waals surface area contributed by atoms with Gasteiger partial charge in [0.25, 0.3) is 11.8 Å². The summed E-state index contributed by atoms with van der Waals surface area (Å²) in [4.78, 5) is 25.1. The number of nitrogens with one attached hydrogen (secondary N) is 2. The maximum atomic E-state index is 12.6. The van der Waals surface area contributed by atoms with Crippen molar-refractivity contribution in [1.82, 2.24) is 10.7 Å². The molecule has 2 N–H and O–H groups in total. The fourth-order valence-corrected chi connectivity index (χ4v) is 2.93. The molecule has 8 heteroatoms. The van der Waals surface area contributed by atoms with E-state index in [0.717, 1.165) is 12.0 Å². The van der Waals surface area contributed by atoms with E-state index in [-0.39, 0.29) is 11.8 Å². The summed E-state index contributed by atoms with van der Waals surface area (Å²) in [6.07, 6.45) is 2.41. The standard InChI is InChI=1S/C24H30ClN3O4/c1-5-13-32-20-12-7-17(14-21(20)31-6-2)15-26-28-24(30)22(16(3)4)27-23(29)18-8-10-19(25)11-9-18/h7-12,14-16,22H,5-6,13H2,1-4H3,(H,27,29)(H,28,30). The van der Waals surface area contributed by atoms with Crippen LogP contribution in [0.1, 0.15) is 50.0 Å². The van der Waals surface area contributed by atoms with Gasteiger partial charge in [-0.05, 0) is 67.3 Å². The second-order valence-corrected chi connectivity index (χ2v) is 7.86. The molecule has 0 spiro atoms. The first-order valence-corrected chi connectivity index (χ1v) is 11.0. The third kappa shape index (κ3) is 7.57. The third-order valence-corrected chi connectivity index (χ3v) is 4.71. The van der Waals surface area contributed by atoms with Gasteiger partial charge in [-0.2, -0.15) is 5.10 Å². The van der Waals surface area contributed by atoms with E-state index >= 15 is 0 Å². The predicted octanol–water partition coefficient (Wildman–Crippen LogP) is 4.43. The zero-order valence-corrected chi connectivity index (χ0v) is 19.6. The second-order valence-electron chi connectivity index (χ2n) is 7.42. The van der Waals surface area contributed by atoms with Crippen molar-refractivity contribution < 1.29 is 19.1 Å². The Labute approximate surface area is 194 Å². The number of carbonyl (C=O) groups excluding carboxylic acids is 2. The van der Waals surface area contributed by atoms with Crippen molar-refractivity contribution in [1.29, 1.82) is 0 Å². The van der Waals surface area contributed by atoms with Crippen LogP contribution in [-0.2, 0) is 4.79 Å². The summed E-state index contributed by atoms with van der Waals surface area (Å²) in [5.41, 5.74) is 3.66. The van der Waals surface area contributed by atoms with Crippen molar-refractivity contribution >= 4 is 29.6 Å². The Hall–Kier alpha value is -3.06. The molecule has 1 atom stereocenters. The number of nitrogens with zero attached hydrogens (tertiary/aromatic N) is 1. The fraction of sp³-hybridized carbons (Fsp3) is 0.375. The first-order valence-electron chi connectivity index (χ1n) is 10.6. The molecule has 0 aromatic heterocycles. The normalized spacial score (nSPS) is 11.9. The molecule has 2 aromatic carbocycles. The van der Waals surface area contributed by atoms with E-state index in [2.05, 4.69) is 15.8 Å². The van der Waals surface area contributed by atoms with Crippen molar-refractivity contribution in [3.8, 4) is 11.5 Å². The molecule has 2 amide bonds. The molecule has 0 heterocycles. The van der Waals surface area contributed by atoms with Gasteiger partial charge in [-0.3, -0.25) is 9.59 Å². The number of hydrazone groups is 1. The third-order valence-electron chi connectivity index (χ3n) is 4.46. The van der Waals surface area contributed by atoms with Gasteiger partial charge in [-0.15, -0.1) is 0 Å². The smallest absolute Gasteiger partial charge is 0.262 e. The molecular formula is C24H30ClN3O4. The Morgan fingerprint density at radius 1 is 1.06 bits per heavy atom. The lowest BCUT2D eigenvalue weighted by Gasteiger charge is -2.20. The van der Waals surface area contributed by atoms with Crippen LogP contribution in [0.25, 0.3) is 0 Å². The number of halogens is 1. The van der Waals surface area contributed by atoms with E-state index in [1.165, 1.54) is 6.21 Å². The van der Waals surface area contributed by atoms with Gasteiger partial charge in [0.1, 0.15) is 6.04 Å². The van der Waals surface area contributed by atoms with E-state index in [4.69, 9.17) is 21.1 Å². The number of rotatable bonds is 11. The topological polar surface area (TPSA) is 89.0 Å². The molecule has 2 rings (SSSR count). The first-order chi connectivity index (χ1) is 15.3. The minimum atomic E-state index is -0.751. The average Bonchev–Trinajstić information content (AvgIpc) is 2.77. The largest absolute Gasteiger partial charge is 0.490 e. The Balaban J connectivity index is 2.03. The van der Waals surface area contributed by atoms with Crippen molar-refractivity contribution in [2.75, 3.05) is 13.2 Å². The SMILES string of the molecule is CCCOc1ccc(C=NNC(=O)C(NC(=O)c2ccc(Cl)cc2)C(C)C)cc1OCC. The van der Waals surface area contributed by atoms with Gasteiger partial charge in [-0.25, -0.2) is 5.43 Å². The van der Waals surface area contributed by atoms with Crippen LogP contribution in [0.5, 0.6) is 11.5 Å². The molecule has 32 heavy (non-hydrogen) atoms. The van der Waals surface area contributed by atoms with Gasteiger partial charge < -0.3 is 14.8 Å². The molecule has 1 unspecified atom stereocenters. The Bertz CT molecular complexity index is 929. The second kappa shape index (κ2) is 12.7. The molecular weight excluding hydrogens is 430 g/mol. The van der Waals surface area contributed by atoms with Gasteiger partial charge in [-0.1, -0.05) is 32.4 Å². The van der Waals surface area contributed by atoms with Gasteiger partial charge in [0.2, 0.25) is 0 Å². The quantitative estimate of drug-likeness (QED) is 0.384. The number of ether oxygens (including phenoxy) is 2. The predicted molar refractivity (Wildman–Crippen MR) is 127 cm³/mol. The van der Waals surface area contributed by atoms with E-state index in [9.17, 15) is 9.59 Å². The van der Waals surface area contributed by atoms with Gasteiger partial charge >= 0.3 is 0 Å². The summed E-state index contributed by atoms with van der Waals surface area (Å²) in [5, 5.41) is 7.32. The summed E-state index contributed by atoms with van der Waals surface area (Å²) in [6, 6.07) is 11.1. The zero-order valence-electron chi connectivity index (χ0n) is 18.9. The fourth-order valence-electron chi connectivity index (χ4n) is 2.81. The van der Waals surface area contributed by atoms with Crippen LogP contribution in [0.3, 0.4) is 0 Å². The van der Waals surface area contributed by atoms with Crippen LogP contribution in [0, 0.1) is 5.92 Å². The monoisotopic (exact) mass is 459 g/mol. The van der Waals surface area contributed by atoms with Crippen molar-refractivity contribution in [2.24, 2.45) is 11.0 Å². The molecule has 0 bridgehead atoms. The van der Waals surface area contributed by atoms with E-state index < -0.39 is 11.9 Å². The van der Waals surface area contributed by atoms with Crippen LogP contribution < -0.4 is 20.2 Å². The maximum absolute atomic E-state index is 12.6. The minimum Gasteiger partial charge on any atom is -0.490 e. The molecule has 0 aliphatic heterocycles. The zero-order chi connectivity index (χ0) is 23.5. The summed E-state index contributed by atoms with van der Waals surface area (Å²) < 4.78 is 11.3. The number of hydrogen-bond acceptors (Lipinski definition) is 5. The first kappa shape index (κ1) is 25.2. The number of carbonyl (C=O) groups is 2. The highest BCUT2D eigenvalue weighted by atomic mass is 35.5. The highest BCUT2D eigenvalue weighted by Gasteiger charge is 2.24. The summed E-state index contributed by atoms with van der Waals surface area (Å²) >= 11 is 5.86.